The number of hydrogen-bond donors (Lipinski definition) is 3. The average Bonchev–Trinajstić information content (AvgIpc) is 2.31. The van der Waals surface area contributed by atoms with Gasteiger partial charge in [-0.05, 0) is 0 Å². The molecule has 0 saturated carbocycles. The number of nitrogens with one attached hydrogen (secondary N) is 2. The van der Waals surface area contributed by atoms with Crippen LogP contribution in [-0.4, -0.2) is 10.2 Å². The predicted molar refractivity (Wildman–Crippen MR) is 45.1 cm³/mol. The molecule has 0 unspecified atom stereocenters. The van der Waals surface area contributed by atoms with Crippen LogP contribution in [0.2, 0.25) is 0 Å². The van der Waals surface area contributed by atoms with Crippen LogP contribution in [0.1, 0.15) is 26.5 Å². The molecule has 0 atom stereocenters. The summed E-state index contributed by atoms with van der Waals surface area (Å²) in [4.78, 5) is 0. The molecule has 0 radical (unpaired) electrons. The third-order valence-electron chi connectivity index (χ3n) is 1.54. The summed E-state index contributed by atoms with van der Waals surface area (Å²) in [6.07, 6.45) is 1.68. The summed E-state index contributed by atoms with van der Waals surface area (Å²) in [6, 6.07) is 0. The van der Waals surface area contributed by atoms with Gasteiger partial charge < -0.3 is 5.43 Å². The fourth-order valence-corrected chi connectivity index (χ4v) is 0.967. The van der Waals surface area contributed by atoms with E-state index in [4.69, 9.17) is 5.84 Å². The molecule has 1 rings (SSSR count). The molecule has 0 fully saturated rings. The van der Waals surface area contributed by atoms with Gasteiger partial charge in [-0.15, -0.1) is 0 Å². The standard InChI is InChI=1S/C7H14N4/c1-7(2,3)6-5(10-8)4-9-11-6/h4,10H,8H2,1-3H3,(H,9,11). The first kappa shape index (κ1) is 8.07. The summed E-state index contributed by atoms with van der Waals surface area (Å²) in [5, 5.41) is 6.80. The van der Waals surface area contributed by atoms with Crippen LogP contribution in [0.15, 0.2) is 6.20 Å². The zero-order chi connectivity index (χ0) is 8.48. The van der Waals surface area contributed by atoms with E-state index in [0.717, 1.165) is 11.4 Å². The molecule has 4 heteroatoms. The second kappa shape index (κ2) is 2.54. The lowest BCUT2D eigenvalue weighted by atomic mass is 9.91. The molecular formula is C7H14N4. The molecule has 0 bridgehead atoms. The highest BCUT2D eigenvalue weighted by Crippen LogP contribution is 2.25. The number of anilines is 1. The predicted octanol–water partition coefficient (Wildman–Crippen LogP) is 0.993. The number of nitrogens with two attached hydrogens (primary N) is 1. The summed E-state index contributed by atoms with van der Waals surface area (Å²) in [6.45, 7) is 6.30. The first-order valence-electron chi connectivity index (χ1n) is 3.56. The first-order valence-corrected chi connectivity index (χ1v) is 3.56. The monoisotopic (exact) mass is 154 g/mol. The molecule has 62 valence electrons. The highest BCUT2D eigenvalue weighted by atomic mass is 15.3. The number of aromatic amines is 1. The Balaban J connectivity index is 3.02. The van der Waals surface area contributed by atoms with Crippen LogP contribution >= 0.6 is 0 Å². The van der Waals surface area contributed by atoms with Crippen LogP contribution in [0.4, 0.5) is 5.69 Å². The molecule has 0 aliphatic rings. The molecular weight excluding hydrogens is 140 g/mol. The van der Waals surface area contributed by atoms with Crippen LogP contribution < -0.4 is 11.3 Å². The van der Waals surface area contributed by atoms with Gasteiger partial charge in [0.15, 0.2) is 0 Å². The van der Waals surface area contributed by atoms with Crippen molar-refractivity contribution in [1.29, 1.82) is 0 Å². The molecule has 0 aliphatic carbocycles. The van der Waals surface area contributed by atoms with Crippen molar-refractivity contribution in [2.24, 2.45) is 5.84 Å². The van der Waals surface area contributed by atoms with E-state index in [9.17, 15) is 0 Å². The van der Waals surface area contributed by atoms with Crippen molar-refractivity contribution in [1.82, 2.24) is 10.2 Å². The quantitative estimate of drug-likeness (QED) is 0.417. The van der Waals surface area contributed by atoms with E-state index in [-0.39, 0.29) is 5.41 Å². The average molecular weight is 154 g/mol. The van der Waals surface area contributed by atoms with Gasteiger partial charge in [-0.3, -0.25) is 10.9 Å². The van der Waals surface area contributed by atoms with E-state index in [1.54, 1.807) is 6.20 Å². The lowest BCUT2D eigenvalue weighted by molar-refractivity contribution is 0.568. The van der Waals surface area contributed by atoms with Gasteiger partial charge in [0.1, 0.15) is 0 Å². The lowest BCUT2D eigenvalue weighted by Crippen LogP contribution is -2.17. The molecule has 11 heavy (non-hydrogen) atoms. The lowest BCUT2D eigenvalue weighted by Gasteiger charge is -2.17. The smallest absolute Gasteiger partial charge is 0.0903 e. The minimum atomic E-state index is 0.0538. The molecule has 1 heterocycles. The maximum absolute atomic E-state index is 5.28. The first-order chi connectivity index (χ1) is 5.05. The number of hydrazine groups is 1. The highest BCUT2D eigenvalue weighted by Gasteiger charge is 2.19. The van der Waals surface area contributed by atoms with Crippen LogP contribution in [0.3, 0.4) is 0 Å². The van der Waals surface area contributed by atoms with E-state index >= 15 is 0 Å². The second-order valence-electron chi connectivity index (χ2n) is 3.55. The largest absolute Gasteiger partial charge is 0.321 e. The van der Waals surface area contributed by atoms with Crippen molar-refractivity contribution in [3.63, 3.8) is 0 Å². The van der Waals surface area contributed by atoms with Crippen LogP contribution in [0.25, 0.3) is 0 Å². The van der Waals surface area contributed by atoms with Crippen molar-refractivity contribution in [3.05, 3.63) is 11.9 Å². The maximum atomic E-state index is 5.28. The Hall–Kier alpha value is -1.03. The van der Waals surface area contributed by atoms with E-state index in [2.05, 4.69) is 36.4 Å². The number of rotatable bonds is 1. The molecule has 0 aromatic carbocycles. The fraction of sp³-hybridized carbons (Fsp3) is 0.571. The van der Waals surface area contributed by atoms with Crippen LogP contribution in [-0.2, 0) is 5.41 Å². The van der Waals surface area contributed by atoms with Gasteiger partial charge in [0.05, 0.1) is 17.6 Å². The number of H-pyrrole nitrogens is 1. The summed E-state index contributed by atoms with van der Waals surface area (Å²) >= 11 is 0. The summed E-state index contributed by atoms with van der Waals surface area (Å²) in [5.41, 5.74) is 4.53. The zero-order valence-corrected chi connectivity index (χ0v) is 7.10. The molecule has 1 aromatic rings. The van der Waals surface area contributed by atoms with Crippen LogP contribution in [0.5, 0.6) is 0 Å². The van der Waals surface area contributed by atoms with Crippen LogP contribution in [0, 0.1) is 0 Å². The Kier molecular flexibility index (Phi) is 1.87. The Morgan fingerprint density at radius 3 is 2.55 bits per heavy atom. The minimum absolute atomic E-state index is 0.0538. The maximum Gasteiger partial charge on any atom is 0.0903 e. The molecule has 4 nitrogen and oxygen atoms in total. The number of nitrogen functional groups attached to an aromatic ring is 1. The second-order valence-corrected chi connectivity index (χ2v) is 3.55. The Labute approximate surface area is 66.1 Å². The van der Waals surface area contributed by atoms with Gasteiger partial charge in [0.2, 0.25) is 0 Å². The number of hydrogen-bond acceptors (Lipinski definition) is 3. The molecule has 0 amide bonds. The Bertz CT molecular complexity index is 233. The summed E-state index contributed by atoms with van der Waals surface area (Å²) in [7, 11) is 0. The van der Waals surface area contributed by atoms with Gasteiger partial charge in [-0.25, -0.2) is 0 Å². The van der Waals surface area contributed by atoms with Gasteiger partial charge in [0.25, 0.3) is 0 Å². The topological polar surface area (TPSA) is 66.7 Å². The zero-order valence-electron chi connectivity index (χ0n) is 7.10. The third-order valence-corrected chi connectivity index (χ3v) is 1.54. The highest BCUT2D eigenvalue weighted by molar-refractivity contribution is 5.47. The number of aromatic nitrogens is 2. The van der Waals surface area contributed by atoms with E-state index in [0.29, 0.717) is 0 Å². The van der Waals surface area contributed by atoms with Crippen molar-refractivity contribution in [2.45, 2.75) is 26.2 Å². The van der Waals surface area contributed by atoms with Crippen molar-refractivity contribution in [3.8, 4) is 0 Å². The van der Waals surface area contributed by atoms with E-state index < -0.39 is 0 Å². The molecule has 0 spiro atoms. The Morgan fingerprint density at radius 1 is 1.55 bits per heavy atom. The Morgan fingerprint density at radius 2 is 2.18 bits per heavy atom. The molecule has 0 aliphatic heterocycles. The normalized spacial score (nSPS) is 11.6. The van der Waals surface area contributed by atoms with Gasteiger partial charge in [0, 0.05) is 5.41 Å². The van der Waals surface area contributed by atoms with Crippen molar-refractivity contribution in [2.75, 3.05) is 5.43 Å². The van der Waals surface area contributed by atoms with Crippen molar-refractivity contribution >= 4 is 5.69 Å². The number of nitrogens with zero attached hydrogens (tertiary/aromatic N) is 1. The molecule has 0 saturated heterocycles. The minimum Gasteiger partial charge on any atom is -0.321 e. The third kappa shape index (κ3) is 1.51. The van der Waals surface area contributed by atoms with E-state index in [1.807, 2.05) is 0 Å². The summed E-state index contributed by atoms with van der Waals surface area (Å²) in [5.74, 6) is 5.28. The van der Waals surface area contributed by atoms with Crippen molar-refractivity contribution < 1.29 is 0 Å². The van der Waals surface area contributed by atoms with Gasteiger partial charge in [-0.1, -0.05) is 20.8 Å². The fourth-order valence-electron chi connectivity index (χ4n) is 0.967. The molecule has 4 N–H and O–H groups in total. The van der Waals surface area contributed by atoms with Gasteiger partial charge >= 0.3 is 0 Å². The van der Waals surface area contributed by atoms with Gasteiger partial charge in [-0.2, -0.15) is 5.10 Å². The summed E-state index contributed by atoms with van der Waals surface area (Å²) < 4.78 is 0. The molecule has 1 aromatic heterocycles. The SMILES string of the molecule is CC(C)(C)c1[nH]ncc1NN. The van der Waals surface area contributed by atoms with E-state index in [1.165, 1.54) is 0 Å².